The second-order valence-electron chi connectivity index (χ2n) is 4.56. The van der Waals surface area contributed by atoms with E-state index in [2.05, 4.69) is 15.3 Å². The highest BCUT2D eigenvalue weighted by atomic mass is 35.5. The molecule has 2 heterocycles. The van der Waals surface area contributed by atoms with E-state index >= 15 is 0 Å². The van der Waals surface area contributed by atoms with Gasteiger partial charge in [-0.25, -0.2) is 4.98 Å². The minimum absolute atomic E-state index is 0.0810. The second-order valence-corrected chi connectivity index (χ2v) is 4.95. The lowest BCUT2D eigenvalue weighted by Crippen LogP contribution is -2.13. The molecule has 100 valence electrons. The molecule has 1 aliphatic rings. The molecule has 0 unspecified atom stereocenters. The standard InChI is InChI=1S/C15H12ClN3O/c1-9-4-2-3-5-10(9)14-15-11(6-7-12(16)19-15)18-13(20)8-17-14/h2-7H,8H2,1H3,(H,18,20). The molecular weight excluding hydrogens is 274 g/mol. The molecule has 0 atom stereocenters. The molecule has 3 rings (SSSR count). The average molecular weight is 286 g/mol. The summed E-state index contributed by atoms with van der Waals surface area (Å²) in [6.07, 6.45) is 0. The molecule has 0 radical (unpaired) electrons. The first kappa shape index (κ1) is 12.8. The number of carbonyl (C=O) groups is 1. The number of fused-ring (bicyclic) bond motifs is 1. The summed E-state index contributed by atoms with van der Waals surface area (Å²) in [5, 5.41) is 3.17. The highest BCUT2D eigenvalue weighted by Crippen LogP contribution is 2.24. The van der Waals surface area contributed by atoms with Gasteiger partial charge in [-0.2, -0.15) is 0 Å². The Morgan fingerprint density at radius 3 is 2.80 bits per heavy atom. The highest BCUT2D eigenvalue weighted by Gasteiger charge is 2.20. The first-order valence-electron chi connectivity index (χ1n) is 6.22. The summed E-state index contributed by atoms with van der Waals surface area (Å²) in [4.78, 5) is 20.4. The van der Waals surface area contributed by atoms with E-state index in [1.54, 1.807) is 12.1 Å². The van der Waals surface area contributed by atoms with E-state index in [4.69, 9.17) is 11.6 Å². The first-order chi connectivity index (χ1) is 9.65. The summed E-state index contributed by atoms with van der Waals surface area (Å²) in [6.45, 7) is 2.08. The third-order valence-electron chi connectivity index (χ3n) is 3.14. The van der Waals surface area contributed by atoms with E-state index in [0.29, 0.717) is 22.2 Å². The van der Waals surface area contributed by atoms with Crippen molar-refractivity contribution in [2.45, 2.75) is 6.92 Å². The Balaban J connectivity index is 2.23. The van der Waals surface area contributed by atoms with E-state index in [9.17, 15) is 4.79 Å². The van der Waals surface area contributed by atoms with Gasteiger partial charge in [-0.05, 0) is 24.6 Å². The fourth-order valence-corrected chi connectivity index (χ4v) is 2.33. The van der Waals surface area contributed by atoms with Crippen molar-refractivity contribution in [1.82, 2.24) is 4.98 Å². The van der Waals surface area contributed by atoms with E-state index in [0.717, 1.165) is 11.1 Å². The van der Waals surface area contributed by atoms with Crippen molar-refractivity contribution >= 4 is 28.9 Å². The third kappa shape index (κ3) is 2.30. The van der Waals surface area contributed by atoms with Crippen LogP contribution in [-0.4, -0.2) is 23.1 Å². The van der Waals surface area contributed by atoms with Gasteiger partial charge in [0, 0.05) is 5.56 Å². The predicted molar refractivity (Wildman–Crippen MR) is 79.6 cm³/mol. The van der Waals surface area contributed by atoms with Gasteiger partial charge < -0.3 is 5.32 Å². The second kappa shape index (κ2) is 5.06. The monoisotopic (exact) mass is 285 g/mol. The summed E-state index contributed by atoms with van der Waals surface area (Å²) in [5.74, 6) is -0.154. The zero-order valence-electron chi connectivity index (χ0n) is 10.9. The van der Waals surface area contributed by atoms with Crippen molar-refractivity contribution in [2.24, 2.45) is 4.99 Å². The molecule has 1 N–H and O–H groups in total. The van der Waals surface area contributed by atoms with Crippen LogP contribution in [0.3, 0.4) is 0 Å². The molecule has 0 saturated heterocycles. The van der Waals surface area contributed by atoms with Crippen LogP contribution in [-0.2, 0) is 4.79 Å². The van der Waals surface area contributed by atoms with Gasteiger partial charge in [-0.1, -0.05) is 35.9 Å². The SMILES string of the molecule is Cc1ccccc1C1=NCC(=O)Nc2ccc(Cl)nc21. The smallest absolute Gasteiger partial charge is 0.246 e. The van der Waals surface area contributed by atoms with Gasteiger partial charge in [0.05, 0.1) is 11.4 Å². The van der Waals surface area contributed by atoms with Crippen molar-refractivity contribution in [1.29, 1.82) is 0 Å². The maximum absolute atomic E-state index is 11.7. The van der Waals surface area contributed by atoms with E-state index in [-0.39, 0.29) is 12.5 Å². The Labute approximate surface area is 121 Å². The van der Waals surface area contributed by atoms with Crippen LogP contribution < -0.4 is 5.32 Å². The van der Waals surface area contributed by atoms with Gasteiger partial charge in [-0.15, -0.1) is 0 Å². The summed E-state index contributed by atoms with van der Waals surface area (Å²) < 4.78 is 0. The van der Waals surface area contributed by atoms with Crippen LogP contribution >= 0.6 is 11.6 Å². The van der Waals surface area contributed by atoms with Gasteiger partial charge >= 0.3 is 0 Å². The fourth-order valence-electron chi connectivity index (χ4n) is 2.18. The number of nitrogens with one attached hydrogen (secondary N) is 1. The molecule has 1 amide bonds. The number of benzene rings is 1. The van der Waals surface area contributed by atoms with Crippen molar-refractivity contribution < 1.29 is 4.79 Å². The van der Waals surface area contributed by atoms with E-state index < -0.39 is 0 Å². The Morgan fingerprint density at radius 1 is 1.20 bits per heavy atom. The number of aromatic nitrogens is 1. The Morgan fingerprint density at radius 2 is 2.00 bits per heavy atom. The molecule has 1 aliphatic heterocycles. The average Bonchev–Trinajstić information content (AvgIpc) is 2.58. The number of hydrogen-bond donors (Lipinski definition) is 1. The number of halogens is 1. The maximum Gasteiger partial charge on any atom is 0.246 e. The van der Waals surface area contributed by atoms with Crippen LogP contribution in [0.5, 0.6) is 0 Å². The number of amides is 1. The Hall–Kier alpha value is -2.20. The summed E-state index contributed by atoms with van der Waals surface area (Å²) in [7, 11) is 0. The number of carbonyl (C=O) groups excluding carboxylic acids is 1. The first-order valence-corrected chi connectivity index (χ1v) is 6.60. The quantitative estimate of drug-likeness (QED) is 0.819. The van der Waals surface area contributed by atoms with Crippen LogP contribution in [0.25, 0.3) is 0 Å². The number of aryl methyl sites for hydroxylation is 1. The van der Waals surface area contributed by atoms with Crippen LogP contribution in [0, 0.1) is 6.92 Å². The number of nitrogens with zero attached hydrogens (tertiary/aromatic N) is 2. The number of hydrogen-bond acceptors (Lipinski definition) is 3. The summed E-state index contributed by atoms with van der Waals surface area (Å²) in [6, 6.07) is 11.3. The zero-order valence-corrected chi connectivity index (χ0v) is 11.6. The molecule has 20 heavy (non-hydrogen) atoms. The minimum atomic E-state index is -0.154. The lowest BCUT2D eigenvalue weighted by Gasteiger charge is -2.11. The number of rotatable bonds is 1. The summed E-state index contributed by atoms with van der Waals surface area (Å²) >= 11 is 5.98. The lowest BCUT2D eigenvalue weighted by atomic mass is 10.0. The van der Waals surface area contributed by atoms with Crippen LogP contribution in [0.4, 0.5) is 5.69 Å². The Bertz CT molecular complexity index is 725. The van der Waals surface area contributed by atoms with Gasteiger partial charge in [0.15, 0.2) is 0 Å². The topological polar surface area (TPSA) is 54.4 Å². The molecule has 1 aromatic heterocycles. The van der Waals surface area contributed by atoms with Crippen LogP contribution in [0.1, 0.15) is 16.8 Å². The largest absolute Gasteiger partial charge is 0.323 e. The maximum atomic E-state index is 11.7. The lowest BCUT2D eigenvalue weighted by molar-refractivity contribution is -0.114. The van der Waals surface area contributed by atoms with E-state index in [1.165, 1.54) is 0 Å². The molecule has 0 aliphatic carbocycles. The molecule has 0 fully saturated rings. The molecule has 0 saturated carbocycles. The van der Waals surface area contributed by atoms with E-state index in [1.807, 2.05) is 31.2 Å². The normalized spacial score (nSPS) is 14.1. The molecule has 1 aromatic carbocycles. The zero-order chi connectivity index (χ0) is 14.1. The predicted octanol–water partition coefficient (Wildman–Crippen LogP) is 2.83. The summed E-state index contributed by atoms with van der Waals surface area (Å²) in [5.41, 5.74) is 3.98. The van der Waals surface area contributed by atoms with Gasteiger partial charge in [0.1, 0.15) is 17.4 Å². The van der Waals surface area contributed by atoms with Crippen molar-refractivity contribution in [3.05, 3.63) is 58.4 Å². The highest BCUT2D eigenvalue weighted by molar-refractivity contribution is 6.30. The number of aliphatic imine (C=N–C) groups is 1. The fraction of sp³-hybridized carbons (Fsp3) is 0.133. The van der Waals surface area contributed by atoms with Crippen molar-refractivity contribution in [3.8, 4) is 0 Å². The number of anilines is 1. The molecule has 4 nitrogen and oxygen atoms in total. The molecule has 5 heteroatoms. The number of pyridine rings is 1. The van der Waals surface area contributed by atoms with Crippen molar-refractivity contribution in [3.63, 3.8) is 0 Å². The van der Waals surface area contributed by atoms with Gasteiger partial charge in [-0.3, -0.25) is 9.79 Å². The van der Waals surface area contributed by atoms with Gasteiger partial charge in [0.25, 0.3) is 0 Å². The molecule has 2 aromatic rings. The Kier molecular flexibility index (Phi) is 3.24. The minimum Gasteiger partial charge on any atom is -0.323 e. The van der Waals surface area contributed by atoms with Crippen molar-refractivity contribution in [2.75, 3.05) is 11.9 Å². The molecule has 0 bridgehead atoms. The van der Waals surface area contributed by atoms with Crippen LogP contribution in [0.15, 0.2) is 41.4 Å². The molecule has 0 spiro atoms. The van der Waals surface area contributed by atoms with Crippen LogP contribution in [0.2, 0.25) is 5.15 Å². The molecular formula is C15H12ClN3O. The third-order valence-corrected chi connectivity index (χ3v) is 3.35. The van der Waals surface area contributed by atoms with Gasteiger partial charge in [0.2, 0.25) is 5.91 Å².